The summed E-state index contributed by atoms with van der Waals surface area (Å²) in [5.41, 5.74) is 0.775. The first-order valence-corrected chi connectivity index (χ1v) is 4.36. The number of hydrogen-bond acceptors (Lipinski definition) is 1. The fourth-order valence-corrected chi connectivity index (χ4v) is 0.673. The minimum absolute atomic E-state index is 0.121. The highest BCUT2D eigenvalue weighted by molar-refractivity contribution is 5.93. The van der Waals surface area contributed by atoms with Crippen molar-refractivity contribution in [1.82, 2.24) is 0 Å². The standard InChI is InChI=1S/C8H8O.3C2H4/c1-7(9)8-5-3-2-4-6-8;3*1-2/h2-6H,1H3;3*1-2H2. The quantitative estimate of drug-likeness (QED) is 0.492. The molecule has 1 rings (SSSR count). The molecule has 15 heavy (non-hydrogen) atoms. The van der Waals surface area contributed by atoms with Gasteiger partial charge >= 0.3 is 0 Å². The summed E-state index contributed by atoms with van der Waals surface area (Å²) >= 11 is 0. The highest BCUT2D eigenvalue weighted by Gasteiger charge is 1.92. The molecule has 0 aliphatic heterocycles. The van der Waals surface area contributed by atoms with Gasteiger partial charge in [-0.15, -0.1) is 39.5 Å². The predicted molar refractivity (Wildman–Crippen MR) is 70.2 cm³/mol. The molecule has 0 unspecified atom stereocenters. The van der Waals surface area contributed by atoms with E-state index < -0.39 is 0 Å². The van der Waals surface area contributed by atoms with Gasteiger partial charge in [0.2, 0.25) is 0 Å². The fourth-order valence-electron chi connectivity index (χ4n) is 0.673. The Kier molecular flexibility index (Phi) is 22.6. The lowest BCUT2D eigenvalue weighted by atomic mass is 10.2. The monoisotopic (exact) mass is 204 g/mol. The summed E-state index contributed by atoms with van der Waals surface area (Å²) < 4.78 is 0. The lowest BCUT2D eigenvalue weighted by molar-refractivity contribution is 0.101. The Morgan fingerprint density at radius 3 is 1.40 bits per heavy atom. The Hall–Kier alpha value is -1.89. The van der Waals surface area contributed by atoms with Gasteiger partial charge < -0.3 is 0 Å². The molecule has 0 atom stereocenters. The van der Waals surface area contributed by atoms with Crippen LogP contribution in [0.3, 0.4) is 0 Å². The van der Waals surface area contributed by atoms with Gasteiger partial charge in [0.1, 0.15) is 0 Å². The van der Waals surface area contributed by atoms with Gasteiger partial charge in [-0.25, -0.2) is 0 Å². The lowest BCUT2D eigenvalue weighted by Crippen LogP contribution is -1.88. The van der Waals surface area contributed by atoms with Gasteiger partial charge in [-0.05, 0) is 6.92 Å². The van der Waals surface area contributed by atoms with Crippen LogP contribution in [0.25, 0.3) is 0 Å². The van der Waals surface area contributed by atoms with Crippen molar-refractivity contribution in [2.75, 3.05) is 0 Å². The lowest BCUT2D eigenvalue weighted by Gasteiger charge is -1.89. The molecule has 0 fully saturated rings. The molecule has 0 amide bonds. The molecule has 0 aliphatic rings. The number of rotatable bonds is 1. The summed E-state index contributed by atoms with van der Waals surface area (Å²) in [6, 6.07) is 9.23. The molecule has 0 aliphatic carbocycles. The molecule has 0 bridgehead atoms. The Balaban J connectivity index is -0.000000208. The number of ketones is 1. The van der Waals surface area contributed by atoms with Crippen LogP contribution in [0.1, 0.15) is 17.3 Å². The molecule has 0 saturated carbocycles. The van der Waals surface area contributed by atoms with Crippen molar-refractivity contribution in [3.63, 3.8) is 0 Å². The minimum atomic E-state index is 0.121. The van der Waals surface area contributed by atoms with Gasteiger partial charge in [0.15, 0.2) is 5.78 Å². The van der Waals surface area contributed by atoms with Crippen molar-refractivity contribution in [2.45, 2.75) is 6.92 Å². The highest BCUT2D eigenvalue weighted by Crippen LogP contribution is 1.97. The third-order valence-corrected chi connectivity index (χ3v) is 1.18. The van der Waals surface area contributed by atoms with Crippen molar-refractivity contribution < 1.29 is 4.79 Å². The van der Waals surface area contributed by atoms with Crippen LogP contribution >= 0.6 is 0 Å². The van der Waals surface area contributed by atoms with Gasteiger partial charge in [-0.3, -0.25) is 4.79 Å². The van der Waals surface area contributed by atoms with E-state index in [1.165, 1.54) is 0 Å². The molecule has 0 radical (unpaired) electrons. The number of hydrogen-bond donors (Lipinski definition) is 0. The van der Waals surface area contributed by atoms with E-state index in [4.69, 9.17) is 0 Å². The number of Topliss-reactive ketones (excluding diaryl/α,β-unsaturated/α-hetero) is 1. The van der Waals surface area contributed by atoms with E-state index in [1.54, 1.807) is 6.92 Å². The molecule has 1 nitrogen and oxygen atoms in total. The van der Waals surface area contributed by atoms with E-state index in [0.29, 0.717) is 0 Å². The summed E-state index contributed by atoms with van der Waals surface area (Å²) in [4.78, 5) is 10.6. The third-order valence-electron chi connectivity index (χ3n) is 1.18. The Morgan fingerprint density at radius 1 is 0.867 bits per heavy atom. The van der Waals surface area contributed by atoms with E-state index in [1.807, 2.05) is 30.3 Å². The van der Waals surface area contributed by atoms with Crippen molar-refractivity contribution in [2.24, 2.45) is 0 Å². The minimum Gasteiger partial charge on any atom is -0.295 e. The SMILES string of the molecule is C=C.C=C.C=C.CC(=O)c1ccccc1. The second kappa shape index (κ2) is 18.0. The van der Waals surface area contributed by atoms with E-state index in [9.17, 15) is 4.79 Å². The van der Waals surface area contributed by atoms with Crippen LogP contribution in [-0.2, 0) is 0 Å². The number of benzene rings is 1. The maximum absolute atomic E-state index is 10.6. The fraction of sp³-hybridized carbons (Fsp3) is 0.0714. The van der Waals surface area contributed by atoms with Crippen LogP contribution in [-0.4, -0.2) is 5.78 Å². The van der Waals surface area contributed by atoms with Crippen LogP contribution in [0.2, 0.25) is 0 Å². The molecule has 0 heterocycles. The Morgan fingerprint density at radius 2 is 1.20 bits per heavy atom. The number of carbonyl (C=O) groups is 1. The zero-order valence-electron chi connectivity index (χ0n) is 9.54. The van der Waals surface area contributed by atoms with Gasteiger partial charge in [-0.2, -0.15) is 0 Å². The van der Waals surface area contributed by atoms with Gasteiger partial charge in [-0.1, -0.05) is 30.3 Å². The van der Waals surface area contributed by atoms with Crippen molar-refractivity contribution >= 4 is 5.78 Å². The summed E-state index contributed by atoms with van der Waals surface area (Å²) in [7, 11) is 0. The summed E-state index contributed by atoms with van der Waals surface area (Å²) in [6.07, 6.45) is 0. The first kappa shape index (κ1) is 18.8. The van der Waals surface area contributed by atoms with E-state index in [-0.39, 0.29) is 5.78 Å². The number of carbonyl (C=O) groups excluding carboxylic acids is 1. The van der Waals surface area contributed by atoms with Gasteiger partial charge in [0, 0.05) is 5.56 Å². The molecule has 0 N–H and O–H groups in total. The van der Waals surface area contributed by atoms with Crippen molar-refractivity contribution in [1.29, 1.82) is 0 Å². The second-order valence-corrected chi connectivity index (χ2v) is 1.92. The third kappa shape index (κ3) is 12.1. The normalized spacial score (nSPS) is 6.20. The van der Waals surface area contributed by atoms with Crippen LogP contribution in [0, 0.1) is 0 Å². The molecule has 1 heteroatoms. The maximum atomic E-state index is 10.6. The van der Waals surface area contributed by atoms with Gasteiger partial charge in [0.05, 0.1) is 0 Å². The zero-order chi connectivity index (χ0) is 12.7. The Bertz CT molecular complexity index is 234. The predicted octanol–water partition coefficient (Wildman–Crippen LogP) is 4.30. The molecule has 1 aromatic rings. The van der Waals surface area contributed by atoms with Crippen LogP contribution < -0.4 is 0 Å². The molecular weight excluding hydrogens is 184 g/mol. The summed E-state index contributed by atoms with van der Waals surface area (Å²) in [6.45, 7) is 19.6. The van der Waals surface area contributed by atoms with Crippen LogP contribution in [0.5, 0.6) is 0 Å². The average molecular weight is 204 g/mol. The highest BCUT2D eigenvalue weighted by atomic mass is 16.1. The molecule has 1 aromatic carbocycles. The zero-order valence-corrected chi connectivity index (χ0v) is 9.54. The average Bonchev–Trinajstić information content (AvgIpc) is 2.38. The molecule has 0 aromatic heterocycles. The van der Waals surface area contributed by atoms with E-state index in [0.717, 1.165) is 5.56 Å². The molecule has 82 valence electrons. The van der Waals surface area contributed by atoms with E-state index in [2.05, 4.69) is 39.5 Å². The van der Waals surface area contributed by atoms with Crippen LogP contribution in [0.4, 0.5) is 0 Å². The van der Waals surface area contributed by atoms with Crippen LogP contribution in [0.15, 0.2) is 69.8 Å². The Labute approximate surface area is 93.5 Å². The molecular formula is C14H20O. The summed E-state index contributed by atoms with van der Waals surface area (Å²) in [5.74, 6) is 0.121. The molecule has 0 spiro atoms. The first-order valence-electron chi connectivity index (χ1n) is 4.36. The smallest absolute Gasteiger partial charge is 0.159 e. The topological polar surface area (TPSA) is 17.1 Å². The first-order chi connectivity index (χ1) is 7.30. The van der Waals surface area contributed by atoms with E-state index >= 15 is 0 Å². The van der Waals surface area contributed by atoms with Crippen molar-refractivity contribution in [3.8, 4) is 0 Å². The molecule has 0 saturated heterocycles. The largest absolute Gasteiger partial charge is 0.295 e. The van der Waals surface area contributed by atoms with Crippen molar-refractivity contribution in [3.05, 3.63) is 75.4 Å². The summed E-state index contributed by atoms with van der Waals surface area (Å²) in [5, 5.41) is 0. The van der Waals surface area contributed by atoms with Gasteiger partial charge in [0.25, 0.3) is 0 Å². The maximum Gasteiger partial charge on any atom is 0.159 e. The second-order valence-electron chi connectivity index (χ2n) is 1.92.